The number of aromatic nitrogens is 1. The number of oxazole rings is 1. The Hall–Kier alpha value is -2.83. The van der Waals surface area contributed by atoms with Crippen molar-refractivity contribution in [1.82, 2.24) is 15.2 Å². The van der Waals surface area contributed by atoms with Crippen LogP contribution in [-0.2, 0) is 16.0 Å². The highest BCUT2D eigenvalue weighted by atomic mass is 16.5. The fourth-order valence-corrected chi connectivity index (χ4v) is 3.64. The number of likely N-dealkylation sites (tertiary alicyclic amines) is 1. The van der Waals surface area contributed by atoms with Crippen molar-refractivity contribution >= 4 is 11.8 Å². The number of carbonyl (C=O) groups excluding carboxylic acids is 2. The van der Waals surface area contributed by atoms with Gasteiger partial charge in [0.1, 0.15) is 5.75 Å². The molecule has 1 fully saturated rings. The van der Waals surface area contributed by atoms with Gasteiger partial charge >= 0.3 is 0 Å². The summed E-state index contributed by atoms with van der Waals surface area (Å²) < 4.78 is 11.0. The number of unbranched alkanes of at least 4 members (excludes halogenated alkanes) is 1. The monoisotopic (exact) mass is 413 g/mol. The van der Waals surface area contributed by atoms with Crippen LogP contribution in [-0.4, -0.2) is 48.4 Å². The SMILES string of the molecule is CCCCNC(=O)C1CCCN(C(=O)CCc2ncc(-c3ccc(OC)cc3)o2)C1. The summed E-state index contributed by atoms with van der Waals surface area (Å²) in [5.41, 5.74) is 0.911. The first kappa shape index (κ1) is 21.9. The molecule has 0 spiro atoms. The van der Waals surface area contributed by atoms with E-state index in [1.165, 1.54) is 0 Å². The van der Waals surface area contributed by atoms with Gasteiger partial charge in [-0.3, -0.25) is 9.59 Å². The Morgan fingerprint density at radius 2 is 2.10 bits per heavy atom. The minimum Gasteiger partial charge on any atom is -0.497 e. The van der Waals surface area contributed by atoms with Gasteiger partial charge in [-0.15, -0.1) is 0 Å². The predicted molar refractivity (Wildman–Crippen MR) is 114 cm³/mol. The van der Waals surface area contributed by atoms with Crippen LogP contribution in [0.2, 0.25) is 0 Å². The fraction of sp³-hybridized carbons (Fsp3) is 0.522. The van der Waals surface area contributed by atoms with E-state index >= 15 is 0 Å². The van der Waals surface area contributed by atoms with Crippen LogP contribution >= 0.6 is 0 Å². The van der Waals surface area contributed by atoms with Gasteiger partial charge in [-0.1, -0.05) is 13.3 Å². The van der Waals surface area contributed by atoms with Crippen molar-refractivity contribution in [2.75, 3.05) is 26.7 Å². The maximum atomic E-state index is 12.7. The van der Waals surface area contributed by atoms with Crippen LogP contribution in [0.15, 0.2) is 34.9 Å². The van der Waals surface area contributed by atoms with Gasteiger partial charge in [-0.25, -0.2) is 4.98 Å². The van der Waals surface area contributed by atoms with Crippen LogP contribution < -0.4 is 10.1 Å². The van der Waals surface area contributed by atoms with Crippen LogP contribution in [0.1, 0.15) is 44.9 Å². The number of nitrogens with zero attached hydrogens (tertiary/aromatic N) is 2. The quantitative estimate of drug-likeness (QED) is 0.637. The number of carbonyl (C=O) groups is 2. The lowest BCUT2D eigenvalue weighted by atomic mass is 9.96. The second kappa shape index (κ2) is 10.8. The largest absolute Gasteiger partial charge is 0.497 e. The highest BCUT2D eigenvalue weighted by Gasteiger charge is 2.28. The van der Waals surface area contributed by atoms with Gasteiger partial charge < -0.3 is 19.4 Å². The molecule has 1 aromatic carbocycles. The summed E-state index contributed by atoms with van der Waals surface area (Å²) in [4.78, 5) is 31.1. The van der Waals surface area contributed by atoms with Gasteiger partial charge in [-0.05, 0) is 43.5 Å². The molecule has 1 aromatic heterocycles. The van der Waals surface area contributed by atoms with E-state index in [1.807, 2.05) is 24.3 Å². The van der Waals surface area contributed by atoms with Crippen molar-refractivity contribution in [2.45, 2.75) is 45.4 Å². The summed E-state index contributed by atoms with van der Waals surface area (Å²) in [6.45, 7) is 4.02. The minimum absolute atomic E-state index is 0.0465. The molecule has 2 amide bonds. The van der Waals surface area contributed by atoms with Gasteiger partial charge in [-0.2, -0.15) is 0 Å². The van der Waals surface area contributed by atoms with E-state index in [2.05, 4.69) is 17.2 Å². The Bertz CT molecular complexity index is 831. The molecule has 1 saturated heterocycles. The number of hydrogen-bond donors (Lipinski definition) is 1. The van der Waals surface area contributed by atoms with E-state index in [1.54, 1.807) is 18.2 Å². The van der Waals surface area contributed by atoms with Gasteiger partial charge in [0.05, 0.1) is 19.2 Å². The van der Waals surface area contributed by atoms with Gasteiger partial charge in [0, 0.05) is 38.0 Å². The van der Waals surface area contributed by atoms with Crippen molar-refractivity contribution in [3.8, 4) is 17.1 Å². The van der Waals surface area contributed by atoms with E-state index in [4.69, 9.17) is 9.15 Å². The summed E-state index contributed by atoms with van der Waals surface area (Å²) in [5, 5.41) is 2.99. The molecule has 2 heterocycles. The number of benzene rings is 1. The number of hydrogen-bond acceptors (Lipinski definition) is 5. The lowest BCUT2D eigenvalue weighted by Crippen LogP contribution is -2.45. The maximum Gasteiger partial charge on any atom is 0.224 e. The van der Waals surface area contributed by atoms with Crippen LogP contribution in [0.4, 0.5) is 0 Å². The Kier molecular flexibility index (Phi) is 7.88. The van der Waals surface area contributed by atoms with Crippen LogP contribution in [0.3, 0.4) is 0 Å². The first-order chi connectivity index (χ1) is 14.6. The number of amides is 2. The third-order valence-electron chi connectivity index (χ3n) is 5.46. The molecule has 1 aliphatic heterocycles. The fourth-order valence-electron chi connectivity index (χ4n) is 3.64. The van der Waals surface area contributed by atoms with E-state index in [9.17, 15) is 9.59 Å². The molecule has 1 unspecified atom stereocenters. The number of methoxy groups -OCH3 is 1. The number of piperidine rings is 1. The summed E-state index contributed by atoms with van der Waals surface area (Å²) in [6.07, 6.45) is 6.18. The zero-order valence-corrected chi connectivity index (χ0v) is 17.9. The van der Waals surface area contributed by atoms with E-state index in [0.717, 1.165) is 37.0 Å². The molecule has 0 bridgehead atoms. The average Bonchev–Trinajstić information content (AvgIpc) is 3.27. The predicted octanol–water partition coefficient (Wildman–Crippen LogP) is 3.44. The Morgan fingerprint density at radius 1 is 1.30 bits per heavy atom. The summed E-state index contributed by atoms with van der Waals surface area (Å²) in [6, 6.07) is 7.56. The molecular weight excluding hydrogens is 382 g/mol. The zero-order chi connectivity index (χ0) is 21.3. The molecule has 162 valence electrons. The molecule has 1 aliphatic rings. The highest BCUT2D eigenvalue weighted by Crippen LogP contribution is 2.24. The molecule has 1 atom stereocenters. The summed E-state index contributed by atoms with van der Waals surface area (Å²) >= 11 is 0. The molecule has 0 saturated carbocycles. The lowest BCUT2D eigenvalue weighted by molar-refractivity contribution is -0.135. The number of rotatable bonds is 9. The molecule has 0 radical (unpaired) electrons. The Morgan fingerprint density at radius 3 is 2.83 bits per heavy atom. The normalized spacial score (nSPS) is 16.3. The number of aryl methyl sites for hydroxylation is 1. The number of nitrogens with one attached hydrogen (secondary N) is 1. The molecule has 7 nitrogen and oxygen atoms in total. The Balaban J connectivity index is 1.49. The molecule has 0 aliphatic carbocycles. The molecule has 30 heavy (non-hydrogen) atoms. The van der Waals surface area contributed by atoms with Crippen LogP contribution in [0.25, 0.3) is 11.3 Å². The average molecular weight is 414 g/mol. The minimum atomic E-state index is -0.108. The maximum absolute atomic E-state index is 12.7. The van der Waals surface area contributed by atoms with Gasteiger partial charge in [0.15, 0.2) is 11.7 Å². The first-order valence-electron chi connectivity index (χ1n) is 10.7. The third kappa shape index (κ3) is 5.84. The summed E-state index contributed by atoms with van der Waals surface area (Å²) in [7, 11) is 1.63. The molecule has 1 N–H and O–H groups in total. The van der Waals surface area contributed by atoms with Crippen molar-refractivity contribution < 1.29 is 18.7 Å². The second-order valence-corrected chi connectivity index (χ2v) is 7.67. The number of ether oxygens (including phenoxy) is 1. The molecule has 7 heteroatoms. The van der Waals surface area contributed by atoms with Gasteiger partial charge in [0.25, 0.3) is 0 Å². The zero-order valence-electron chi connectivity index (χ0n) is 17.9. The van der Waals surface area contributed by atoms with E-state index in [0.29, 0.717) is 44.1 Å². The highest BCUT2D eigenvalue weighted by molar-refractivity contribution is 5.81. The van der Waals surface area contributed by atoms with Crippen molar-refractivity contribution in [2.24, 2.45) is 5.92 Å². The van der Waals surface area contributed by atoms with E-state index < -0.39 is 0 Å². The van der Waals surface area contributed by atoms with Crippen molar-refractivity contribution in [1.29, 1.82) is 0 Å². The lowest BCUT2D eigenvalue weighted by Gasteiger charge is -2.32. The Labute approximate surface area is 177 Å². The summed E-state index contributed by atoms with van der Waals surface area (Å²) in [5.74, 6) is 2.00. The molecule has 2 aromatic rings. The first-order valence-corrected chi connectivity index (χ1v) is 10.7. The molecule has 3 rings (SSSR count). The van der Waals surface area contributed by atoms with Crippen molar-refractivity contribution in [3.05, 3.63) is 36.4 Å². The van der Waals surface area contributed by atoms with Crippen molar-refractivity contribution in [3.63, 3.8) is 0 Å². The van der Waals surface area contributed by atoms with Crippen LogP contribution in [0.5, 0.6) is 5.75 Å². The van der Waals surface area contributed by atoms with Crippen LogP contribution in [0, 0.1) is 5.92 Å². The molecular formula is C23H31N3O4. The standard InChI is InChI=1S/C23H31N3O4/c1-3-4-13-24-23(28)18-6-5-14-26(16-18)22(27)12-11-21-25-15-20(30-21)17-7-9-19(29-2)10-8-17/h7-10,15,18H,3-6,11-14,16H2,1-2H3,(H,24,28). The van der Waals surface area contributed by atoms with Gasteiger partial charge in [0.2, 0.25) is 11.8 Å². The second-order valence-electron chi connectivity index (χ2n) is 7.67. The van der Waals surface area contributed by atoms with E-state index in [-0.39, 0.29) is 17.7 Å². The smallest absolute Gasteiger partial charge is 0.224 e. The third-order valence-corrected chi connectivity index (χ3v) is 5.46. The topological polar surface area (TPSA) is 84.7 Å².